The Bertz CT molecular complexity index is 846. The minimum Gasteiger partial charge on any atom is -0.401 e. The predicted molar refractivity (Wildman–Crippen MR) is 99.2 cm³/mol. The quantitative estimate of drug-likeness (QED) is 0.354. The molecule has 0 atom stereocenters. The molecule has 0 unspecified atom stereocenters. The van der Waals surface area contributed by atoms with Gasteiger partial charge in [-0.1, -0.05) is 6.58 Å². The molecule has 3 rings (SSSR count). The Kier molecular flexibility index (Phi) is 4.37. The molecule has 0 saturated heterocycles. The van der Waals surface area contributed by atoms with Gasteiger partial charge < -0.3 is 8.80 Å². The maximum absolute atomic E-state index is 13.2. The number of halogens is 2. The number of fused-ring (bicyclic) bond motifs is 1. The number of rotatable bonds is 4. The molecular weight excluding hydrogens is 410 g/mol. The number of benzene rings is 1. The minimum absolute atomic E-state index is 0.290. The Hall–Kier alpha value is -2.29. The zero-order chi connectivity index (χ0) is 16.4. The average Bonchev–Trinajstić information content (AvgIpc) is 3.07. The fourth-order valence-corrected chi connectivity index (χ4v) is 3.49. The van der Waals surface area contributed by atoms with Gasteiger partial charge in [0.05, 0.1) is 15.7 Å². The Labute approximate surface area is 143 Å². The van der Waals surface area contributed by atoms with Gasteiger partial charge in [-0.2, -0.15) is 4.98 Å². The zero-order valence-corrected chi connectivity index (χ0v) is 14.5. The van der Waals surface area contributed by atoms with E-state index in [1.165, 1.54) is 12.1 Å². The second kappa shape index (κ2) is 6.45. The van der Waals surface area contributed by atoms with E-state index in [0.717, 1.165) is 16.8 Å². The van der Waals surface area contributed by atoms with Crippen molar-refractivity contribution >= 4 is 36.7 Å². The molecule has 0 bridgehead atoms. The summed E-state index contributed by atoms with van der Waals surface area (Å²) in [5.41, 5.74) is 8.54. The molecule has 2 heterocycles. The third-order valence-electron chi connectivity index (χ3n) is 3.11. The van der Waals surface area contributed by atoms with Crippen LogP contribution in [0, 0.1) is 5.82 Å². The van der Waals surface area contributed by atoms with Crippen LogP contribution in [0.4, 0.5) is 4.39 Å². The molecule has 2 aromatic rings. The molecular formula is C16H14FIN4O. The van der Waals surface area contributed by atoms with Gasteiger partial charge >= 0.3 is 6.01 Å². The monoisotopic (exact) mass is 424 g/mol. The summed E-state index contributed by atoms with van der Waals surface area (Å²) in [7, 11) is 0. The van der Waals surface area contributed by atoms with Crippen LogP contribution in [0.1, 0.15) is 12.6 Å². The van der Waals surface area contributed by atoms with Gasteiger partial charge in [-0.05, 0) is 42.8 Å². The maximum atomic E-state index is 13.2. The van der Waals surface area contributed by atoms with Gasteiger partial charge in [0.2, 0.25) is 0 Å². The van der Waals surface area contributed by atoms with Gasteiger partial charge in [0.25, 0.3) is 0 Å². The molecule has 1 aliphatic heterocycles. The van der Waals surface area contributed by atoms with Crippen molar-refractivity contribution in [2.24, 2.45) is 10.7 Å². The number of allylic oxidation sites excluding steroid dienone is 2. The van der Waals surface area contributed by atoms with Crippen molar-refractivity contribution in [1.82, 2.24) is 9.55 Å². The van der Waals surface area contributed by atoms with Gasteiger partial charge in [0.1, 0.15) is 32.7 Å². The molecule has 1 aliphatic rings. The Morgan fingerprint density at radius 2 is 2.17 bits per heavy atom. The number of amidine groups is 1. The first-order valence-corrected chi connectivity index (χ1v) is 8.86. The lowest BCUT2D eigenvalue weighted by Crippen LogP contribution is -2.03. The lowest BCUT2D eigenvalue weighted by Gasteiger charge is -2.05. The van der Waals surface area contributed by atoms with E-state index in [1.54, 1.807) is 31.3 Å². The summed E-state index contributed by atoms with van der Waals surface area (Å²) >= 11 is -0.502. The van der Waals surface area contributed by atoms with Crippen LogP contribution in [0.15, 0.2) is 48.1 Å². The van der Waals surface area contributed by atoms with E-state index in [0.29, 0.717) is 17.5 Å². The summed E-state index contributed by atoms with van der Waals surface area (Å²) in [5, 5.41) is 0. The van der Waals surface area contributed by atoms with Crippen molar-refractivity contribution in [3.63, 3.8) is 0 Å². The third kappa shape index (κ3) is 3.24. The van der Waals surface area contributed by atoms with Crippen LogP contribution in [0.5, 0.6) is 6.01 Å². The van der Waals surface area contributed by atoms with Crippen LogP contribution in [0.2, 0.25) is 0 Å². The largest absolute Gasteiger partial charge is 0.401 e. The summed E-state index contributed by atoms with van der Waals surface area (Å²) in [6, 6.07) is 6.72. The van der Waals surface area contributed by atoms with Gasteiger partial charge in [0.15, 0.2) is 0 Å². The van der Waals surface area contributed by atoms with E-state index in [-0.39, 0.29) is 5.82 Å². The first kappa shape index (κ1) is 15.6. The summed E-state index contributed by atoms with van der Waals surface area (Å²) in [4.78, 5) is 8.54. The molecule has 0 aliphatic carbocycles. The van der Waals surface area contributed by atoms with E-state index in [9.17, 15) is 4.39 Å². The number of aromatic nitrogens is 2. The molecule has 0 spiro atoms. The standard InChI is InChI=1S/C16H14FIN4O/c1-10(7-8-20-11(2)19)15-14(12-3-5-13(17)6-4-12)21-16-22(15)9-18-23-16/h3-9H,1H2,2H3,(H2,19,20)/b8-7-. The Balaban J connectivity index is 2.06. The van der Waals surface area contributed by atoms with Crippen LogP contribution >= 0.6 is 21.1 Å². The average molecular weight is 424 g/mol. The number of nitrogens with zero attached hydrogens (tertiary/aromatic N) is 3. The molecule has 1 aromatic heterocycles. The fraction of sp³-hybridized carbons (Fsp3) is 0.0625. The molecule has 0 amide bonds. The number of hydrogen-bond acceptors (Lipinski definition) is 3. The summed E-state index contributed by atoms with van der Waals surface area (Å²) in [6.07, 6.45) is 3.36. The summed E-state index contributed by atoms with van der Waals surface area (Å²) < 4.78 is 22.6. The molecule has 0 saturated carbocycles. The van der Waals surface area contributed by atoms with Crippen LogP contribution in [0.3, 0.4) is 0 Å². The molecule has 23 heavy (non-hydrogen) atoms. The smallest absolute Gasteiger partial charge is 0.311 e. The molecule has 5 nitrogen and oxygen atoms in total. The molecule has 0 fully saturated rings. The number of imidazole rings is 1. The SMILES string of the molecule is C=C(/C=C\N=C(C)N)c1c(-c2ccc(F)cc2)nc2n1C=IO2. The molecule has 1 aromatic carbocycles. The van der Waals surface area contributed by atoms with E-state index in [2.05, 4.69) is 16.6 Å². The topological polar surface area (TPSA) is 65.4 Å². The number of nitrogens with two attached hydrogens (primary N) is 1. The zero-order valence-electron chi connectivity index (χ0n) is 12.3. The lowest BCUT2D eigenvalue weighted by atomic mass is 10.1. The predicted octanol–water partition coefficient (Wildman–Crippen LogP) is 3.48. The highest BCUT2D eigenvalue weighted by molar-refractivity contribution is 14.2. The van der Waals surface area contributed by atoms with E-state index in [1.807, 2.05) is 8.70 Å². The van der Waals surface area contributed by atoms with Crippen molar-refractivity contribution in [3.05, 3.63) is 54.6 Å². The van der Waals surface area contributed by atoms with Gasteiger partial charge in [-0.3, -0.25) is 4.57 Å². The maximum Gasteiger partial charge on any atom is 0.311 e. The lowest BCUT2D eigenvalue weighted by molar-refractivity contribution is 0.628. The van der Waals surface area contributed by atoms with E-state index >= 15 is 0 Å². The first-order chi connectivity index (χ1) is 11.1. The molecule has 2 N–H and O–H groups in total. The molecule has 118 valence electrons. The summed E-state index contributed by atoms with van der Waals surface area (Å²) in [6.45, 7) is 5.79. The van der Waals surface area contributed by atoms with Crippen LogP contribution < -0.4 is 8.80 Å². The normalized spacial score (nSPS) is 13.7. The molecule has 7 heteroatoms. The van der Waals surface area contributed by atoms with Crippen LogP contribution in [0.25, 0.3) is 16.8 Å². The first-order valence-electron chi connectivity index (χ1n) is 6.74. The highest BCUT2D eigenvalue weighted by Gasteiger charge is 2.22. The van der Waals surface area contributed by atoms with Gasteiger partial charge in [0, 0.05) is 11.8 Å². The second-order valence-electron chi connectivity index (χ2n) is 4.84. The minimum atomic E-state index is -0.502. The van der Waals surface area contributed by atoms with Crippen molar-refractivity contribution in [2.45, 2.75) is 6.92 Å². The molecule has 0 radical (unpaired) electrons. The van der Waals surface area contributed by atoms with Crippen molar-refractivity contribution < 1.29 is 7.46 Å². The van der Waals surface area contributed by atoms with Crippen LogP contribution in [-0.2, 0) is 0 Å². The number of hydrogen-bond donors (Lipinski definition) is 1. The van der Waals surface area contributed by atoms with Gasteiger partial charge in [-0.15, -0.1) is 0 Å². The van der Waals surface area contributed by atoms with E-state index < -0.39 is 21.1 Å². The Morgan fingerprint density at radius 3 is 2.87 bits per heavy atom. The number of aliphatic imine (C=N–C) groups is 1. The van der Waals surface area contributed by atoms with E-state index in [4.69, 9.17) is 8.80 Å². The summed E-state index contributed by atoms with van der Waals surface area (Å²) in [5.74, 6) is 0.175. The second-order valence-corrected chi connectivity index (χ2v) is 6.35. The highest BCUT2D eigenvalue weighted by atomic mass is 127. The fourth-order valence-electron chi connectivity index (χ4n) is 2.10. The van der Waals surface area contributed by atoms with Crippen LogP contribution in [-0.4, -0.2) is 19.5 Å². The van der Waals surface area contributed by atoms with Gasteiger partial charge in [-0.25, -0.2) is 9.38 Å². The van der Waals surface area contributed by atoms with Crippen molar-refractivity contribution in [3.8, 4) is 17.3 Å². The van der Waals surface area contributed by atoms with Crippen molar-refractivity contribution in [1.29, 1.82) is 0 Å². The highest BCUT2D eigenvalue weighted by Crippen LogP contribution is 2.35. The van der Waals surface area contributed by atoms with Crippen molar-refractivity contribution in [2.75, 3.05) is 0 Å². The Morgan fingerprint density at radius 1 is 1.43 bits per heavy atom. The third-order valence-corrected chi connectivity index (χ3v) is 4.54.